The van der Waals surface area contributed by atoms with Crippen LogP contribution in [-0.2, 0) is 9.84 Å². The summed E-state index contributed by atoms with van der Waals surface area (Å²) in [6, 6.07) is 1.51. The van der Waals surface area contributed by atoms with Gasteiger partial charge < -0.3 is 4.98 Å². The van der Waals surface area contributed by atoms with Crippen molar-refractivity contribution >= 4 is 9.84 Å². The lowest BCUT2D eigenvalue weighted by atomic mass is 10.1. The van der Waals surface area contributed by atoms with Gasteiger partial charge in [0.25, 0.3) is 5.56 Å². The van der Waals surface area contributed by atoms with Crippen LogP contribution in [0.1, 0.15) is 29.5 Å². The molecule has 8 heteroatoms. The fourth-order valence-electron chi connectivity index (χ4n) is 2.73. The van der Waals surface area contributed by atoms with Gasteiger partial charge in [0.05, 0.1) is 23.1 Å². The minimum absolute atomic E-state index is 0.0472. The van der Waals surface area contributed by atoms with Gasteiger partial charge in [-0.05, 0) is 38.8 Å². The van der Waals surface area contributed by atoms with E-state index in [2.05, 4.69) is 15.1 Å². The SMILES string of the molecule is Cc1nc(-c2cc(C)c(C)[nH]c2=O)n([C@H]2CCS(=O)(=O)C2)n1. The number of nitrogens with zero attached hydrogens (tertiary/aromatic N) is 3. The molecule has 0 aliphatic carbocycles. The van der Waals surface area contributed by atoms with Gasteiger partial charge in [-0.25, -0.2) is 18.1 Å². The molecule has 0 amide bonds. The fraction of sp³-hybridized carbons (Fsp3) is 0.500. The smallest absolute Gasteiger partial charge is 0.259 e. The topological polar surface area (TPSA) is 97.7 Å². The summed E-state index contributed by atoms with van der Waals surface area (Å²) in [4.78, 5) is 19.4. The van der Waals surface area contributed by atoms with Gasteiger partial charge in [0.2, 0.25) is 0 Å². The Hall–Kier alpha value is -1.96. The Morgan fingerprint density at radius 1 is 1.32 bits per heavy atom. The molecule has 0 aromatic carbocycles. The van der Waals surface area contributed by atoms with E-state index in [1.807, 2.05) is 13.8 Å². The van der Waals surface area contributed by atoms with E-state index in [0.29, 0.717) is 23.6 Å². The third kappa shape index (κ3) is 2.58. The van der Waals surface area contributed by atoms with E-state index < -0.39 is 9.84 Å². The number of rotatable bonds is 2. The molecule has 0 spiro atoms. The first-order chi connectivity index (χ1) is 10.3. The van der Waals surface area contributed by atoms with Crippen LogP contribution in [0.2, 0.25) is 0 Å². The summed E-state index contributed by atoms with van der Waals surface area (Å²) >= 11 is 0. The molecule has 3 heterocycles. The maximum atomic E-state index is 12.2. The second kappa shape index (κ2) is 5.05. The highest BCUT2D eigenvalue weighted by atomic mass is 32.2. The van der Waals surface area contributed by atoms with Crippen LogP contribution in [0.4, 0.5) is 0 Å². The summed E-state index contributed by atoms with van der Waals surface area (Å²) in [6.45, 7) is 5.47. The molecule has 3 rings (SSSR count). The Balaban J connectivity index is 2.13. The largest absolute Gasteiger partial charge is 0.326 e. The number of hydrogen-bond acceptors (Lipinski definition) is 5. The number of aromatic amines is 1. The molecular weight excluding hydrogens is 304 g/mol. The van der Waals surface area contributed by atoms with Crippen molar-refractivity contribution in [2.24, 2.45) is 0 Å². The summed E-state index contributed by atoms with van der Waals surface area (Å²) in [5.74, 6) is 1.16. The molecule has 1 N–H and O–H groups in total. The van der Waals surface area contributed by atoms with Gasteiger partial charge in [-0.2, -0.15) is 5.10 Å². The van der Waals surface area contributed by atoms with Crippen LogP contribution in [0.5, 0.6) is 0 Å². The maximum absolute atomic E-state index is 12.2. The predicted octanol–water partition coefficient (Wildman–Crippen LogP) is 0.918. The minimum Gasteiger partial charge on any atom is -0.326 e. The van der Waals surface area contributed by atoms with E-state index in [0.717, 1.165) is 11.3 Å². The molecule has 1 aliphatic heterocycles. The molecule has 7 nitrogen and oxygen atoms in total. The average Bonchev–Trinajstić information content (AvgIpc) is 2.96. The van der Waals surface area contributed by atoms with Crippen molar-refractivity contribution in [3.05, 3.63) is 33.5 Å². The zero-order chi connectivity index (χ0) is 16.1. The first-order valence-corrected chi connectivity index (χ1v) is 8.93. The van der Waals surface area contributed by atoms with Crippen LogP contribution in [0, 0.1) is 20.8 Å². The second-order valence-electron chi connectivity index (χ2n) is 5.80. The Bertz CT molecular complexity index is 895. The number of nitrogens with one attached hydrogen (secondary N) is 1. The summed E-state index contributed by atoms with van der Waals surface area (Å²) in [5.41, 5.74) is 1.94. The molecule has 0 unspecified atom stereocenters. The third-order valence-corrected chi connectivity index (χ3v) is 5.78. The van der Waals surface area contributed by atoms with E-state index in [1.165, 1.54) is 0 Å². The normalized spacial score (nSPS) is 20.4. The lowest BCUT2D eigenvalue weighted by Crippen LogP contribution is -2.18. The summed E-state index contributed by atoms with van der Waals surface area (Å²) in [5, 5.41) is 4.32. The van der Waals surface area contributed by atoms with Gasteiger partial charge in [0.15, 0.2) is 15.7 Å². The van der Waals surface area contributed by atoms with Gasteiger partial charge in [-0.3, -0.25) is 4.79 Å². The van der Waals surface area contributed by atoms with E-state index in [9.17, 15) is 13.2 Å². The zero-order valence-corrected chi connectivity index (χ0v) is 13.6. The first-order valence-electron chi connectivity index (χ1n) is 7.11. The molecule has 118 valence electrons. The van der Waals surface area contributed by atoms with Gasteiger partial charge in [-0.15, -0.1) is 0 Å². The molecule has 0 bridgehead atoms. The fourth-order valence-corrected chi connectivity index (χ4v) is 4.42. The van der Waals surface area contributed by atoms with Gasteiger partial charge >= 0.3 is 0 Å². The highest BCUT2D eigenvalue weighted by molar-refractivity contribution is 7.91. The monoisotopic (exact) mass is 322 g/mol. The summed E-state index contributed by atoms with van der Waals surface area (Å²) in [6.07, 6.45) is 0.501. The number of pyridine rings is 1. The van der Waals surface area contributed by atoms with E-state index in [-0.39, 0.29) is 23.1 Å². The predicted molar refractivity (Wildman–Crippen MR) is 82.6 cm³/mol. The Labute approximate surface area is 128 Å². The van der Waals surface area contributed by atoms with Crippen molar-refractivity contribution in [2.75, 3.05) is 11.5 Å². The molecule has 22 heavy (non-hydrogen) atoms. The third-order valence-electron chi connectivity index (χ3n) is 4.03. The number of aromatic nitrogens is 4. The number of aryl methyl sites for hydroxylation is 3. The highest BCUT2D eigenvalue weighted by Gasteiger charge is 2.32. The standard InChI is InChI=1S/C14H18N4O3S/c1-8-6-12(14(19)15-9(8)2)13-16-10(3)17-18(13)11-4-5-22(20,21)7-11/h6,11H,4-5,7H2,1-3H3,(H,15,19)/t11-/m0/s1. The Kier molecular flexibility index (Phi) is 3.43. The van der Waals surface area contributed by atoms with Crippen LogP contribution in [-0.4, -0.2) is 39.7 Å². The highest BCUT2D eigenvalue weighted by Crippen LogP contribution is 2.27. The average molecular weight is 322 g/mol. The number of hydrogen-bond donors (Lipinski definition) is 1. The van der Waals surface area contributed by atoms with Crippen molar-refractivity contribution in [3.8, 4) is 11.4 Å². The quantitative estimate of drug-likeness (QED) is 0.886. The lowest BCUT2D eigenvalue weighted by Gasteiger charge is -2.12. The van der Waals surface area contributed by atoms with Gasteiger partial charge in [-0.1, -0.05) is 0 Å². The van der Waals surface area contributed by atoms with E-state index in [4.69, 9.17) is 0 Å². The first kappa shape index (κ1) is 15.0. The van der Waals surface area contributed by atoms with Crippen LogP contribution < -0.4 is 5.56 Å². The summed E-state index contributed by atoms with van der Waals surface area (Å²) in [7, 11) is -3.03. The molecule has 2 aromatic heterocycles. The van der Waals surface area contributed by atoms with Crippen molar-refractivity contribution in [1.82, 2.24) is 19.7 Å². The molecular formula is C14H18N4O3S. The van der Waals surface area contributed by atoms with Crippen LogP contribution >= 0.6 is 0 Å². The molecule has 0 radical (unpaired) electrons. The summed E-state index contributed by atoms with van der Waals surface area (Å²) < 4.78 is 25.0. The number of H-pyrrole nitrogens is 1. The van der Waals surface area contributed by atoms with Crippen molar-refractivity contribution < 1.29 is 8.42 Å². The zero-order valence-electron chi connectivity index (χ0n) is 12.8. The Morgan fingerprint density at radius 2 is 2.05 bits per heavy atom. The second-order valence-corrected chi connectivity index (χ2v) is 8.03. The number of sulfone groups is 1. The molecule has 1 aliphatic rings. The van der Waals surface area contributed by atoms with E-state index in [1.54, 1.807) is 17.7 Å². The van der Waals surface area contributed by atoms with Crippen molar-refractivity contribution in [2.45, 2.75) is 33.2 Å². The van der Waals surface area contributed by atoms with Crippen molar-refractivity contribution in [1.29, 1.82) is 0 Å². The lowest BCUT2D eigenvalue weighted by molar-refractivity contribution is 0.501. The molecule has 1 atom stereocenters. The maximum Gasteiger partial charge on any atom is 0.259 e. The van der Waals surface area contributed by atoms with Crippen molar-refractivity contribution in [3.63, 3.8) is 0 Å². The minimum atomic E-state index is -3.03. The molecule has 2 aromatic rings. The van der Waals surface area contributed by atoms with Crippen LogP contribution in [0.3, 0.4) is 0 Å². The van der Waals surface area contributed by atoms with E-state index >= 15 is 0 Å². The Morgan fingerprint density at radius 3 is 2.68 bits per heavy atom. The molecule has 0 saturated carbocycles. The molecule has 1 saturated heterocycles. The van der Waals surface area contributed by atoms with Gasteiger partial charge in [0.1, 0.15) is 5.82 Å². The van der Waals surface area contributed by atoms with Crippen LogP contribution in [0.15, 0.2) is 10.9 Å². The van der Waals surface area contributed by atoms with Gasteiger partial charge in [0, 0.05) is 5.69 Å². The molecule has 1 fully saturated rings. The van der Waals surface area contributed by atoms with Crippen LogP contribution in [0.25, 0.3) is 11.4 Å².